The number of guanidine groups is 1. The second-order valence-corrected chi connectivity index (χ2v) is 8.05. The number of H-pyrrole nitrogens is 1. The van der Waals surface area contributed by atoms with Crippen LogP contribution >= 0.6 is 24.0 Å². The second kappa shape index (κ2) is 8.19. The SMILES string of the molecule is CCNC(=NCc1cc2ccccc2[nH]1)NC1CCS(=O)(=O)C1.I. The summed E-state index contributed by atoms with van der Waals surface area (Å²) in [6.45, 7) is 3.24. The van der Waals surface area contributed by atoms with Gasteiger partial charge in [-0.15, -0.1) is 24.0 Å². The Balaban J connectivity index is 0.00000208. The molecule has 1 aromatic heterocycles. The summed E-state index contributed by atoms with van der Waals surface area (Å²) in [6.07, 6.45) is 0.638. The standard InChI is InChI=1S/C16H22N4O2S.HI/c1-2-17-16(20-13-7-8-23(21,22)11-13)18-10-14-9-12-5-3-4-6-15(12)19-14;/h3-6,9,13,19H,2,7-8,10-11H2,1H3,(H2,17,18,20);1H. The van der Waals surface area contributed by atoms with Crippen molar-refractivity contribution in [3.05, 3.63) is 36.0 Å². The predicted octanol–water partition coefficient (Wildman–Crippen LogP) is 2.03. The fourth-order valence-corrected chi connectivity index (χ4v) is 4.48. The maximum atomic E-state index is 11.6. The number of fused-ring (bicyclic) bond motifs is 1. The highest BCUT2D eigenvalue weighted by atomic mass is 127. The number of halogens is 1. The van der Waals surface area contributed by atoms with E-state index in [9.17, 15) is 8.42 Å². The molecule has 2 heterocycles. The number of aromatic nitrogens is 1. The molecule has 1 atom stereocenters. The van der Waals surface area contributed by atoms with Gasteiger partial charge in [-0.1, -0.05) is 18.2 Å². The molecule has 1 aliphatic heterocycles. The first kappa shape index (κ1) is 19.0. The quantitative estimate of drug-likeness (QED) is 0.369. The van der Waals surface area contributed by atoms with Gasteiger partial charge in [-0.05, 0) is 30.9 Å². The summed E-state index contributed by atoms with van der Waals surface area (Å²) in [6, 6.07) is 10.1. The highest BCUT2D eigenvalue weighted by Gasteiger charge is 2.28. The third kappa shape index (κ3) is 4.85. The summed E-state index contributed by atoms with van der Waals surface area (Å²) in [5, 5.41) is 7.56. The zero-order valence-corrected chi connectivity index (χ0v) is 16.7. The van der Waals surface area contributed by atoms with E-state index < -0.39 is 9.84 Å². The van der Waals surface area contributed by atoms with Crippen molar-refractivity contribution in [2.24, 2.45) is 4.99 Å². The van der Waals surface area contributed by atoms with Gasteiger partial charge in [0, 0.05) is 23.8 Å². The van der Waals surface area contributed by atoms with Gasteiger partial charge in [-0.25, -0.2) is 13.4 Å². The van der Waals surface area contributed by atoms with Crippen molar-refractivity contribution < 1.29 is 8.42 Å². The molecule has 24 heavy (non-hydrogen) atoms. The molecule has 2 aromatic rings. The maximum Gasteiger partial charge on any atom is 0.191 e. The molecule has 3 rings (SSSR count). The minimum Gasteiger partial charge on any atom is -0.357 e. The smallest absolute Gasteiger partial charge is 0.191 e. The monoisotopic (exact) mass is 462 g/mol. The first-order chi connectivity index (χ1) is 11.1. The van der Waals surface area contributed by atoms with Gasteiger partial charge in [0.1, 0.15) is 0 Å². The molecule has 132 valence electrons. The van der Waals surface area contributed by atoms with Crippen LogP contribution in [0.3, 0.4) is 0 Å². The first-order valence-electron chi connectivity index (χ1n) is 7.87. The molecule has 6 nitrogen and oxygen atoms in total. The minimum atomic E-state index is -2.89. The molecule has 3 N–H and O–H groups in total. The van der Waals surface area contributed by atoms with Crippen LogP contribution in [0.1, 0.15) is 19.0 Å². The number of nitrogens with one attached hydrogen (secondary N) is 3. The molecule has 0 radical (unpaired) electrons. The molecule has 8 heteroatoms. The Bertz CT molecular complexity index is 783. The van der Waals surface area contributed by atoms with Crippen LogP contribution in [0, 0.1) is 0 Å². The number of sulfone groups is 1. The highest BCUT2D eigenvalue weighted by molar-refractivity contribution is 14.0. The molecule has 1 saturated heterocycles. The summed E-state index contributed by atoms with van der Waals surface area (Å²) < 4.78 is 23.1. The van der Waals surface area contributed by atoms with Crippen LogP contribution in [0.15, 0.2) is 35.3 Å². The van der Waals surface area contributed by atoms with Gasteiger partial charge < -0.3 is 15.6 Å². The van der Waals surface area contributed by atoms with E-state index in [-0.39, 0.29) is 41.5 Å². The normalized spacial score (nSPS) is 19.9. The first-order valence-corrected chi connectivity index (χ1v) is 9.70. The number of benzene rings is 1. The molecule has 0 bridgehead atoms. The second-order valence-electron chi connectivity index (χ2n) is 5.82. The molecule has 1 aliphatic rings. The Kier molecular flexibility index (Phi) is 6.50. The molecular weight excluding hydrogens is 439 g/mol. The van der Waals surface area contributed by atoms with Gasteiger partial charge in [0.25, 0.3) is 0 Å². The lowest BCUT2D eigenvalue weighted by Crippen LogP contribution is -2.44. The van der Waals surface area contributed by atoms with Gasteiger partial charge >= 0.3 is 0 Å². The summed E-state index contributed by atoms with van der Waals surface area (Å²) in [7, 11) is -2.89. The van der Waals surface area contributed by atoms with Crippen LogP contribution < -0.4 is 10.6 Å². The lowest BCUT2D eigenvalue weighted by molar-refractivity contribution is 0.599. The molecule has 1 aromatic carbocycles. The van der Waals surface area contributed by atoms with Crippen molar-refractivity contribution in [2.45, 2.75) is 25.9 Å². The number of hydrogen-bond acceptors (Lipinski definition) is 3. The van der Waals surface area contributed by atoms with Gasteiger partial charge in [0.05, 0.1) is 18.1 Å². The number of hydrogen-bond donors (Lipinski definition) is 3. The lowest BCUT2D eigenvalue weighted by atomic mass is 10.2. The van der Waals surface area contributed by atoms with Crippen LogP contribution in [-0.2, 0) is 16.4 Å². The zero-order valence-electron chi connectivity index (χ0n) is 13.6. The maximum absolute atomic E-state index is 11.6. The molecule has 0 saturated carbocycles. The number of aliphatic imine (C=N–C) groups is 1. The van der Waals surface area contributed by atoms with Gasteiger partial charge in [-0.3, -0.25) is 0 Å². The van der Waals surface area contributed by atoms with Crippen molar-refractivity contribution in [1.82, 2.24) is 15.6 Å². The third-order valence-corrected chi connectivity index (χ3v) is 5.68. The van der Waals surface area contributed by atoms with Crippen molar-refractivity contribution in [3.8, 4) is 0 Å². The van der Waals surface area contributed by atoms with Crippen molar-refractivity contribution in [3.63, 3.8) is 0 Å². The van der Waals surface area contributed by atoms with E-state index in [1.165, 1.54) is 0 Å². The Morgan fingerprint density at radius 1 is 1.38 bits per heavy atom. The van der Waals surface area contributed by atoms with Crippen LogP contribution in [0.2, 0.25) is 0 Å². The summed E-state index contributed by atoms with van der Waals surface area (Å²) in [5.41, 5.74) is 2.12. The average Bonchev–Trinajstić information content (AvgIpc) is 3.07. The summed E-state index contributed by atoms with van der Waals surface area (Å²) >= 11 is 0. The topological polar surface area (TPSA) is 86.3 Å². The van der Waals surface area contributed by atoms with Crippen LogP contribution in [-0.4, -0.2) is 43.5 Å². The fraction of sp³-hybridized carbons (Fsp3) is 0.438. The van der Waals surface area contributed by atoms with Crippen LogP contribution in [0.4, 0.5) is 0 Å². The number of nitrogens with zero attached hydrogens (tertiary/aromatic N) is 1. The van der Waals surface area contributed by atoms with E-state index in [4.69, 9.17) is 0 Å². The van der Waals surface area contributed by atoms with E-state index in [1.807, 2.05) is 25.1 Å². The Labute approximate surface area is 159 Å². The van der Waals surface area contributed by atoms with E-state index in [2.05, 4.69) is 32.7 Å². The van der Waals surface area contributed by atoms with Gasteiger partial charge in [0.15, 0.2) is 15.8 Å². The lowest BCUT2D eigenvalue weighted by Gasteiger charge is -2.15. The summed E-state index contributed by atoms with van der Waals surface area (Å²) in [5.74, 6) is 1.10. The van der Waals surface area contributed by atoms with E-state index in [0.29, 0.717) is 18.9 Å². The molecular formula is C16H23IN4O2S. The third-order valence-electron chi connectivity index (χ3n) is 3.91. The largest absolute Gasteiger partial charge is 0.357 e. The zero-order chi connectivity index (χ0) is 16.3. The highest BCUT2D eigenvalue weighted by Crippen LogP contribution is 2.15. The van der Waals surface area contributed by atoms with Crippen LogP contribution in [0.25, 0.3) is 10.9 Å². The number of rotatable bonds is 4. The Morgan fingerprint density at radius 2 is 2.17 bits per heavy atom. The van der Waals surface area contributed by atoms with Crippen molar-refractivity contribution in [1.29, 1.82) is 0 Å². The van der Waals surface area contributed by atoms with Gasteiger partial charge in [0.2, 0.25) is 0 Å². The van der Waals surface area contributed by atoms with Gasteiger partial charge in [-0.2, -0.15) is 0 Å². The number of para-hydroxylation sites is 1. The van der Waals surface area contributed by atoms with E-state index >= 15 is 0 Å². The Hall–Kier alpha value is -1.29. The molecule has 0 amide bonds. The van der Waals surface area contributed by atoms with Crippen molar-refractivity contribution in [2.75, 3.05) is 18.1 Å². The average molecular weight is 462 g/mol. The Morgan fingerprint density at radius 3 is 2.83 bits per heavy atom. The summed E-state index contributed by atoms with van der Waals surface area (Å²) in [4.78, 5) is 7.90. The van der Waals surface area contributed by atoms with Crippen molar-refractivity contribution >= 4 is 50.7 Å². The molecule has 1 fully saturated rings. The molecule has 1 unspecified atom stereocenters. The predicted molar refractivity (Wildman–Crippen MR) is 109 cm³/mol. The number of aromatic amines is 1. The molecule has 0 aliphatic carbocycles. The minimum absolute atomic E-state index is 0. The van der Waals surface area contributed by atoms with E-state index in [1.54, 1.807) is 0 Å². The van der Waals surface area contributed by atoms with Crippen LogP contribution in [0.5, 0.6) is 0 Å². The molecule has 0 spiro atoms. The fourth-order valence-electron chi connectivity index (χ4n) is 2.81. The van der Waals surface area contributed by atoms with E-state index in [0.717, 1.165) is 23.1 Å².